The van der Waals surface area contributed by atoms with Crippen molar-refractivity contribution in [2.75, 3.05) is 19.9 Å². The Morgan fingerprint density at radius 1 is 0.697 bits per heavy atom. The number of carbonyl (C=O) groups is 6. The van der Waals surface area contributed by atoms with Gasteiger partial charge in [0, 0.05) is 10.8 Å². The summed E-state index contributed by atoms with van der Waals surface area (Å²) < 4.78 is 9.68. The van der Waals surface area contributed by atoms with Crippen molar-refractivity contribution >= 4 is 35.6 Å². The molecule has 2 aliphatic heterocycles. The lowest BCUT2D eigenvalue weighted by molar-refractivity contribution is -0.178. The van der Waals surface area contributed by atoms with Gasteiger partial charge in [0.25, 0.3) is 0 Å². The van der Waals surface area contributed by atoms with Crippen LogP contribution in [0.4, 0.5) is 0 Å². The first-order valence-corrected chi connectivity index (χ1v) is 10.7. The smallest absolute Gasteiger partial charge is 0.329 e. The second-order valence-corrected chi connectivity index (χ2v) is 10.9. The summed E-state index contributed by atoms with van der Waals surface area (Å²) in [4.78, 5) is 76.3. The maximum atomic E-state index is 12.6. The molecule has 2 rings (SSSR count). The molecule has 0 aliphatic carbocycles. The number of nitrogens with zero attached hydrogens (tertiary/aromatic N) is 2. The number of rotatable bonds is 6. The number of nitrogens with one attached hydrogen (secondary N) is 1. The van der Waals surface area contributed by atoms with E-state index in [0.29, 0.717) is 6.42 Å². The van der Waals surface area contributed by atoms with Crippen molar-refractivity contribution in [3.8, 4) is 0 Å². The van der Waals surface area contributed by atoms with Crippen LogP contribution in [-0.4, -0.2) is 76.3 Å². The fourth-order valence-electron chi connectivity index (χ4n) is 4.53. The first-order valence-electron chi connectivity index (χ1n) is 10.7. The fraction of sp³-hybridized carbons (Fsp3) is 0.727. The molecule has 0 unspecified atom stereocenters. The molecule has 4 amide bonds. The zero-order valence-corrected chi connectivity index (χ0v) is 20.5. The fourth-order valence-corrected chi connectivity index (χ4v) is 4.53. The zero-order chi connectivity index (χ0) is 25.6. The van der Waals surface area contributed by atoms with Gasteiger partial charge in [-0.05, 0) is 34.1 Å². The van der Waals surface area contributed by atoms with E-state index in [0.717, 1.165) is 9.80 Å². The van der Waals surface area contributed by atoms with Gasteiger partial charge in [0.1, 0.15) is 13.1 Å². The quantitative estimate of drug-likeness (QED) is 0.333. The Balaban J connectivity index is 1.92. The molecule has 2 heterocycles. The molecular weight excluding hydrogens is 434 g/mol. The second kappa shape index (κ2) is 8.51. The molecule has 0 aromatic rings. The number of likely N-dealkylation sites (tertiary alicyclic amines) is 1. The summed E-state index contributed by atoms with van der Waals surface area (Å²) in [6.07, 6.45) is 0.345. The highest BCUT2D eigenvalue weighted by Crippen LogP contribution is 2.41. The number of hydrogen-bond acceptors (Lipinski definition) is 9. The van der Waals surface area contributed by atoms with Crippen molar-refractivity contribution in [3.05, 3.63) is 0 Å². The average molecular weight is 468 g/mol. The van der Waals surface area contributed by atoms with E-state index >= 15 is 0 Å². The van der Waals surface area contributed by atoms with Gasteiger partial charge in [-0.2, -0.15) is 0 Å². The number of piperazine rings is 1. The van der Waals surface area contributed by atoms with E-state index in [4.69, 9.17) is 9.47 Å². The molecule has 0 aromatic carbocycles. The largest absolute Gasteiger partial charge is 0.427 e. The first kappa shape index (κ1) is 26.4. The Morgan fingerprint density at radius 3 is 1.39 bits per heavy atom. The molecule has 11 heteroatoms. The predicted molar refractivity (Wildman–Crippen MR) is 114 cm³/mol. The van der Waals surface area contributed by atoms with Gasteiger partial charge in [-0.1, -0.05) is 27.7 Å². The van der Waals surface area contributed by atoms with E-state index in [1.807, 2.05) is 0 Å². The number of amides is 4. The van der Waals surface area contributed by atoms with Crippen LogP contribution in [-0.2, 0) is 38.2 Å². The van der Waals surface area contributed by atoms with Crippen molar-refractivity contribution in [1.29, 1.82) is 0 Å². The summed E-state index contributed by atoms with van der Waals surface area (Å²) in [6.45, 7) is 11.1. The third-order valence-corrected chi connectivity index (χ3v) is 5.73. The van der Waals surface area contributed by atoms with Gasteiger partial charge in [0.2, 0.25) is 30.4 Å². The normalized spacial score (nSPS) is 23.4. The van der Waals surface area contributed by atoms with Gasteiger partial charge in [0.15, 0.2) is 0 Å². The molecule has 0 spiro atoms. The van der Waals surface area contributed by atoms with Crippen LogP contribution in [0, 0.1) is 10.8 Å². The van der Waals surface area contributed by atoms with Crippen LogP contribution in [0.3, 0.4) is 0 Å². The van der Waals surface area contributed by atoms with Crippen LogP contribution < -0.4 is 5.32 Å². The van der Waals surface area contributed by atoms with Crippen molar-refractivity contribution in [3.63, 3.8) is 0 Å². The average Bonchev–Trinajstić information content (AvgIpc) is 2.64. The number of imide groups is 2. The lowest BCUT2D eigenvalue weighted by atomic mass is 9.70. The van der Waals surface area contributed by atoms with E-state index in [2.05, 4.69) is 5.32 Å². The number of carbonyl (C=O) groups excluding carboxylic acids is 6. The highest BCUT2D eigenvalue weighted by Gasteiger charge is 2.51. The molecule has 33 heavy (non-hydrogen) atoms. The zero-order valence-electron chi connectivity index (χ0n) is 20.5. The Morgan fingerprint density at radius 2 is 1.03 bits per heavy atom. The van der Waals surface area contributed by atoms with Gasteiger partial charge in [0.05, 0.1) is 11.1 Å². The molecule has 2 fully saturated rings. The topological polar surface area (TPSA) is 139 Å². The molecule has 2 saturated heterocycles. The highest BCUT2D eigenvalue weighted by atomic mass is 16.7. The Kier molecular flexibility index (Phi) is 6.82. The van der Waals surface area contributed by atoms with Crippen LogP contribution >= 0.6 is 0 Å². The third-order valence-electron chi connectivity index (χ3n) is 5.73. The molecule has 0 aromatic heterocycles. The van der Waals surface area contributed by atoms with Gasteiger partial charge >= 0.3 is 11.9 Å². The molecular formula is C22H33N3O8. The molecule has 11 nitrogen and oxygen atoms in total. The van der Waals surface area contributed by atoms with E-state index in [9.17, 15) is 28.8 Å². The maximum absolute atomic E-state index is 12.6. The van der Waals surface area contributed by atoms with Crippen LogP contribution in [0.15, 0.2) is 0 Å². The minimum absolute atomic E-state index is 0.345. The summed E-state index contributed by atoms with van der Waals surface area (Å²) in [6, 6.07) is 0. The van der Waals surface area contributed by atoms with E-state index in [1.54, 1.807) is 55.4 Å². The predicted octanol–water partition coefficient (Wildman–Crippen LogP) is 0.357. The summed E-state index contributed by atoms with van der Waals surface area (Å²) in [5.41, 5.74) is -3.79. The van der Waals surface area contributed by atoms with Crippen LogP contribution in [0.1, 0.15) is 61.8 Å². The number of hydrogen-bond donors (Lipinski definition) is 1. The van der Waals surface area contributed by atoms with E-state index in [1.165, 1.54) is 0 Å². The van der Waals surface area contributed by atoms with E-state index in [-0.39, 0.29) is 0 Å². The Bertz CT molecular complexity index is 779. The standard InChI is InChI=1S/C22H33N3O8/c1-19(2)11-20(3,4)16(29)24(15(19)28)9-13(26)32-12-33-14(27)10-25-17(30)21(5,6)23-22(7,8)18(25)31/h23H,9-12H2,1-8H3. The van der Waals surface area contributed by atoms with Crippen LogP contribution in [0.5, 0.6) is 0 Å². The number of esters is 2. The van der Waals surface area contributed by atoms with Gasteiger partial charge in [-0.15, -0.1) is 0 Å². The maximum Gasteiger partial charge on any atom is 0.329 e. The molecule has 0 atom stereocenters. The summed E-state index contributed by atoms with van der Waals surface area (Å²) in [7, 11) is 0. The van der Waals surface area contributed by atoms with Crippen molar-refractivity contribution in [2.45, 2.75) is 72.9 Å². The van der Waals surface area contributed by atoms with Crippen molar-refractivity contribution in [1.82, 2.24) is 15.1 Å². The molecule has 2 aliphatic rings. The Hall–Kier alpha value is -2.82. The minimum Gasteiger partial charge on any atom is -0.427 e. The molecule has 184 valence electrons. The van der Waals surface area contributed by atoms with Crippen LogP contribution in [0.25, 0.3) is 0 Å². The summed E-state index contributed by atoms with van der Waals surface area (Å²) in [5.74, 6) is -4.04. The van der Waals surface area contributed by atoms with Gasteiger partial charge < -0.3 is 9.47 Å². The van der Waals surface area contributed by atoms with Crippen molar-refractivity contribution in [2.24, 2.45) is 10.8 Å². The van der Waals surface area contributed by atoms with Crippen LogP contribution in [0.2, 0.25) is 0 Å². The van der Waals surface area contributed by atoms with Gasteiger partial charge in [-0.25, -0.2) is 0 Å². The van der Waals surface area contributed by atoms with E-state index < -0.39 is 77.4 Å². The first-order chi connectivity index (χ1) is 14.8. The van der Waals surface area contributed by atoms with Crippen molar-refractivity contribution < 1.29 is 38.2 Å². The summed E-state index contributed by atoms with van der Waals surface area (Å²) >= 11 is 0. The molecule has 0 radical (unpaired) electrons. The van der Waals surface area contributed by atoms with Gasteiger partial charge in [-0.3, -0.25) is 43.9 Å². The highest BCUT2D eigenvalue weighted by molar-refractivity contribution is 6.08. The monoisotopic (exact) mass is 467 g/mol. The summed E-state index contributed by atoms with van der Waals surface area (Å²) in [5, 5.41) is 2.93. The second-order valence-electron chi connectivity index (χ2n) is 10.9. The lowest BCUT2D eigenvalue weighted by Crippen LogP contribution is -2.72. The minimum atomic E-state index is -1.07. The number of ether oxygens (including phenoxy) is 2. The molecule has 1 N–H and O–H groups in total. The third kappa shape index (κ3) is 5.40. The number of piperidine rings is 1. The molecule has 0 bridgehead atoms. The Labute approximate surface area is 193 Å². The molecule has 0 saturated carbocycles. The lowest BCUT2D eigenvalue weighted by Gasteiger charge is -2.44. The SMILES string of the molecule is CC1(C)CC(C)(C)C(=O)N(CC(=O)OCOC(=O)CN2C(=O)C(C)(C)NC(C)(C)C2=O)C1=O.